The van der Waals surface area contributed by atoms with Gasteiger partial charge in [-0.05, 0) is 31.5 Å². The van der Waals surface area contributed by atoms with Crippen LogP contribution in [0.15, 0.2) is 33.6 Å². The molecular formula is C16H22N4O3S. The van der Waals surface area contributed by atoms with Crippen LogP contribution in [0.1, 0.15) is 12.8 Å². The lowest BCUT2D eigenvalue weighted by atomic mass is 9.97. The molecule has 7 nitrogen and oxygen atoms in total. The van der Waals surface area contributed by atoms with Crippen LogP contribution in [-0.2, 0) is 14.8 Å². The molecule has 1 aromatic rings. The minimum atomic E-state index is -3.66. The van der Waals surface area contributed by atoms with E-state index in [0.717, 1.165) is 19.4 Å². The largest absolute Gasteiger partial charge is 0.349 e. The summed E-state index contributed by atoms with van der Waals surface area (Å²) >= 11 is 0. The smallest absolute Gasteiger partial charge is 0.286 e. The number of carbonyl (C=O) groups is 1. The van der Waals surface area contributed by atoms with Crippen LogP contribution in [0.4, 0.5) is 5.69 Å². The molecule has 0 radical (unpaired) electrons. The summed E-state index contributed by atoms with van der Waals surface area (Å²) in [6, 6.07) is 6.75. The number of amidine groups is 1. The fraction of sp³-hybridized carbons (Fsp3) is 0.500. The van der Waals surface area contributed by atoms with Crippen molar-refractivity contribution >= 4 is 27.5 Å². The normalized spacial score (nSPS) is 22.9. The zero-order valence-electron chi connectivity index (χ0n) is 13.9. The van der Waals surface area contributed by atoms with Crippen molar-refractivity contribution in [2.75, 3.05) is 39.0 Å². The predicted octanol–water partition coefficient (Wildman–Crippen LogP) is 0.999. The van der Waals surface area contributed by atoms with Crippen molar-refractivity contribution in [1.82, 2.24) is 9.80 Å². The van der Waals surface area contributed by atoms with Crippen LogP contribution in [0.25, 0.3) is 0 Å². The van der Waals surface area contributed by atoms with Crippen LogP contribution in [0, 0.1) is 5.92 Å². The van der Waals surface area contributed by atoms with E-state index in [1.54, 1.807) is 43.3 Å². The van der Waals surface area contributed by atoms with Gasteiger partial charge in [-0.15, -0.1) is 4.40 Å². The van der Waals surface area contributed by atoms with Gasteiger partial charge in [-0.25, -0.2) is 0 Å². The van der Waals surface area contributed by atoms with Gasteiger partial charge in [0.2, 0.25) is 5.91 Å². The maximum Gasteiger partial charge on any atom is 0.286 e. The number of nitrogens with zero attached hydrogens (tertiary/aromatic N) is 3. The summed E-state index contributed by atoms with van der Waals surface area (Å²) in [6.07, 6.45) is 1.79. The van der Waals surface area contributed by atoms with Gasteiger partial charge in [0, 0.05) is 20.6 Å². The second-order valence-corrected chi connectivity index (χ2v) is 8.01. The maximum absolute atomic E-state index is 12.3. The van der Waals surface area contributed by atoms with Crippen LogP contribution in [0.3, 0.4) is 0 Å². The summed E-state index contributed by atoms with van der Waals surface area (Å²) < 4.78 is 28.5. The molecule has 8 heteroatoms. The van der Waals surface area contributed by atoms with E-state index in [2.05, 4.69) is 14.6 Å². The Morgan fingerprint density at radius 3 is 2.88 bits per heavy atom. The summed E-state index contributed by atoms with van der Waals surface area (Å²) in [6.45, 7) is 1.85. The highest BCUT2D eigenvalue weighted by molar-refractivity contribution is 7.90. The molecule has 24 heavy (non-hydrogen) atoms. The number of carbonyl (C=O) groups excluding carboxylic acids is 1. The summed E-state index contributed by atoms with van der Waals surface area (Å²) in [5.74, 6) is 0.490. The third kappa shape index (κ3) is 3.44. The molecule has 1 saturated heterocycles. The van der Waals surface area contributed by atoms with Gasteiger partial charge in [0.15, 0.2) is 0 Å². The fourth-order valence-electron chi connectivity index (χ4n) is 3.21. The highest BCUT2D eigenvalue weighted by atomic mass is 32.2. The molecule has 1 amide bonds. The van der Waals surface area contributed by atoms with E-state index >= 15 is 0 Å². The van der Waals surface area contributed by atoms with Crippen molar-refractivity contribution < 1.29 is 13.2 Å². The number of benzene rings is 1. The molecule has 2 aliphatic rings. The summed E-state index contributed by atoms with van der Waals surface area (Å²) in [5, 5.41) is 3.10. The number of nitrogens with one attached hydrogen (secondary N) is 1. The second-order valence-electron chi connectivity index (χ2n) is 6.44. The number of amides is 1. The Morgan fingerprint density at radius 2 is 2.12 bits per heavy atom. The number of para-hydroxylation sites is 1. The van der Waals surface area contributed by atoms with Crippen molar-refractivity contribution in [3.8, 4) is 0 Å². The highest BCUT2D eigenvalue weighted by Gasteiger charge is 2.29. The molecule has 0 aromatic heterocycles. The lowest BCUT2D eigenvalue weighted by molar-refractivity contribution is -0.134. The topological polar surface area (TPSA) is 82.1 Å². The van der Waals surface area contributed by atoms with E-state index in [1.165, 1.54) is 0 Å². The highest BCUT2D eigenvalue weighted by Crippen LogP contribution is 2.27. The molecule has 1 aromatic carbocycles. The molecule has 2 aliphatic heterocycles. The van der Waals surface area contributed by atoms with Crippen LogP contribution in [0.2, 0.25) is 0 Å². The Hall–Kier alpha value is -1.93. The predicted molar refractivity (Wildman–Crippen MR) is 92.5 cm³/mol. The molecule has 0 spiro atoms. The van der Waals surface area contributed by atoms with E-state index in [-0.39, 0.29) is 16.7 Å². The first kappa shape index (κ1) is 16.9. The Kier molecular flexibility index (Phi) is 4.60. The van der Waals surface area contributed by atoms with Crippen molar-refractivity contribution in [3.63, 3.8) is 0 Å². The lowest BCUT2D eigenvalue weighted by Crippen LogP contribution is -2.45. The second kappa shape index (κ2) is 6.52. The molecule has 0 aliphatic carbocycles. The van der Waals surface area contributed by atoms with Gasteiger partial charge < -0.3 is 10.2 Å². The number of anilines is 1. The first-order chi connectivity index (χ1) is 11.4. The van der Waals surface area contributed by atoms with E-state index in [4.69, 9.17) is 0 Å². The summed E-state index contributed by atoms with van der Waals surface area (Å²) in [4.78, 5) is 16.1. The van der Waals surface area contributed by atoms with Crippen LogP contribution in [0.5, 0.6) is 0 Å². The Balaban J connectivity index is 1.73. The van der Waals surface area contributed by atoms with Gasteiger partial charge in [-0.2, -0.15) is 8.42 Å². The number of fused-ring (bicyclic) bond motifs is 1. The minimum absolute atomic E-state index is 0.0400. The molecule has 0 bridgehead atoms. The number of hydrogen-bond donors (Lipinski definition) is 1. The van der Waals surface area contributed by atoms with E-state index in [9.17, 15) is 13.2 Å². The maximum atomic E-state index is 12.3. The van der Waals surface area contributed by atoms with Crippen LogP contribution >= 0.6 is 0 Å². The number of likely N-dealkylation sites (tertiary alicyclic amines) is 1. The van der Waals surface area contributed by atoms with Gasteiger partial charge in [0.25, 0.3) is 10.0 Å². The van der Waals surface area contributed by atoms with Crippen LogP contribution in [-0.4, -0.2) is 63.7 Å². The van der Waals surface area contributed by atoms with Gasteiger partial charge in [-0.3, -0.25) is 9.69 Å². The molecule has 1 fully saturated rings. The zero-order valence-corrected chi connectivity index (χ0v) is 14.7. The molecule has 0 saturated carbocycles. The quantitative estimate of drug-likeness (QED) is 0.879. The fourth-order valence-corrected chi connectivity index (χ4v) is 4.35. The summed E-state index contributed by atoms with van der Waals surface area (Å²) in [7, 11) is -0.139. The van der Waals surface area contributed by atoms with Gasteiger partial charge in [-0.1, -0.05) is 12.1 Å². The number of rotatable bonds is 3. The zero-order chi connectivity index (χ0) is 17.3. The van der Waals surface area contributed by atoms with Crippen molar-refractivity contribution in [2.45, 2.75) is 17.7 Å². The van der Waals surface area contributed by atoms with Crippen molar-refractivity contribution in [1.29, 1.82) is 0 Å². The monoisotopic (exact) mass is 350 g/mol. The third-order valence-electron chi connectivity index (χ3n) is 4.34. The minimum Gasteiger partial charge on any atom is -0.349 e. The lowest BCUT2D eigenvalue weighted by Gasteiger charge is -2.33. The average molecular weight is 350 g/mol. The van der Waals surface area contributed by atoms with Gasteiger partial charge in [0.1, 0.15) is 10.7 Å². The van der Waals surface area contributed by atoms with E-state index in [1.807, 2.05) is 0 Å². The van der Waals surface area contributed by atoms with Gasteiger partial charge >= 0.3 is 0 Å². The van der Waals surface area contributed by atoms with Crippen molar-refractivity contribution in [2.24, 2.45) is 10.3 Å². The van der Waals surface area contributed by atoms with Crippen molar-refractivity contribution in [3.05, 3.63) is 24.3 Å². The third-order valence-corrected chi connectivity index (χ3v) is 5.72. The molecular weight excluding hydrogens is 328 g/mol. The Labute approximate surface area is 142 Å². The first-order valence-corrected chi connectivity index (χ1v) is 9.44. The number of hydrogen-bond acceptors (Lipinski definition) is 5. The molecule has 2 heterocycles. The Bertz CT molecular complexity index is 773. The standard InChI is InChI=1S/C16H22N4O3S/c1-19(2)16(21)12-6-5-9-20(10-12)11-15-17-13-7-3-4-8-14(13)24(22,23)18-15/h3-4,7-8,12H,5-6,9-11H2,1-2H3,(H,17,18). The van der Waals surface area contributed by atoms with Gasteiger partial charge in [0.05, 0.1) is 18.2 Å². The average Bonchev–Trinajstić information content (AvgIpc) is 2.53. The first-order valence-electron chi connectivity index (χ1n) is 8.00. The molecule has 1 unspecified atom stereocenters. The molecule has 1 N–H and O–H groups in total. The van der Waals surface area contributed by atoms with E-state index < -0.39 is 10.0 Å². The number of sulfonamides is 1. The summed E-state index contributed by atoms with van der Waals surface area (Å²) in [5.41, 5.74) is 0.556. The van der Waals surface area contributed by atoms with E-state index in [0.29, 0.717) is 24.6 Å². The molecule has 3 rings (SSSR count). The SMILES string of the molecule is CN(C)C(=O)C1CCCN(CC2=NS(=O)(=O)c3ccccc3N2)C1. The number of piperidine rings is 1. The van der Waals surface area contributed by atoms with Crippen LogP contribution < -0.4 is 5.32 Å². The molecule has 130 valence electrons. The molecule has 1 atom stereocenters. The Morgan fingerprint density at radius 1 is 1.38 bits per heavy atom.